The van der Waals surface area contributed by atoms with Crippen LogP contribution in [0.2, 0.25) is 5.02 Å². The Morgan fingerprint density at radius 1 is 1.40 bits per heavy atom. The van der Waals surface area contributed by atoms with E-state index in [4.69, 9.17) is 16.3 Å². The number of halogens is 1. The fourth-order valence-electron chi connectivity index (χ4n) is 1.58. The molecule has 2 rings (SSSR count). The van der Waals surface area contributed by atoms with Crippen LogP contribution in [0.3, 0.4) is 0 Å². The van der Waals surface area contributed by atoms with Crippen molar-refractivity contribution in [2.24, 2.45) is 0 Å². The summed E-state index contributed by atoms with van der Waals surface area (Å²) in [6.45, 7) is 2.45. The second-order valence-corrected chi connectivity index (χ2v) is 4.76. The van der Waals surface area contributed by atoms with Crippen LogP contribution in [0, 0.1) is 6.92 Å². The van der Waals surface area contributed by atoms with Crippen molar-refractivity contribution in [2.45, 2.75) is 13.0 Å². The zero-order valence-electron chi connectivity index (χ0n) is 11.1. The first-order valence-corrected chi connectivity index (χ1v) is 6.60. The molecule has 2 aromatic rings. The smallest absolute Gasteiger partial charge is 0.129 e. The van der Waals surface area contributed by atoms with Crippen LogP contribution in [0.15, 0.2) is 36.8 Å². The maximum Gasteiger partial charge on any atom is 0.129 e. The van der Waals surface area contributed by atoms with E-state index in [1.165, 1.54) is 6.33 Å². The van der Waals surface area contributed by atoms with Gasteiger partial charge >= 0.3 is 0 Å². The average molecular weight is 294 g/mol. The molecule has 0 saturated heterocycles. The fraction of sp³-hybridized carbons (Fsp3) is 0.286. The Kier molecular flexibility index (Phi) is 5.15. The van der Waals surface area contributed by atoms with Crippen LogP contribution in [0.25, 0.3) is 0 Å². The first-order valence-electron chi connectivity index (χ1n) is 6.22. The van der Waals surface area contributed by atoms with Crippen molar-refractivity contribution in [1.82, 2.24) is 9.97 Å². The summed E-state index contributed by atoms with van der Waals surface area (Å²) >= 11 is 5.93. The molecule has 1 aromatic carbocycles. The third kappa shape index (κ3) is 4.36. The summed E-state index contributed by atoms with van der Waals surface area (Å²) in [7, 11) is 0. The first-order chi connectivity index (χ1) is 9.65. The van der Waals surface area contributed by atoms with E-state index in [-0.39, 0.29) is 6.61 Å². The quantitative estimate of drug-likeness (QED) is 0.855. The van der Waals surface area contributed by atoms with Gasteiger partial charge in [0.15, 0.2) is 0 Å². The highest BCUT2D eigenvalue weighted by atomic mass is 35.5. The van der Waals surface area contributed by atoms with Crippen molar-refractivity contribution in [2.75, 3.05) is 18.5 Å². The molecule has 2 N–H and O–H groups in total. The number of rotatable bonds is 6. The Morgan fingerprint density at radius 3 is 2.95 bits per heavy atom. The summed E-state index contributed by atoms with van der Waals surface area (Å²) in [6, 6.07) is 7.13. The molecule has 0 saturated carbocycles. The molecule has 5 nitrogen and oxygen atoms in total. The molecule has 0 bridgehead atoms. The number of aromatic nitrogens is 2. The maximum atomic E-state index is 9.84. The maximum absolute atomic E-state index is 9.84. The van der Waals surface area contributed by atoms with E-state index >= 15 is 0 Å². The highest BCUT2D eigenvalue weighted by Gasteiger charge is 2.06. The van der Waals surface area contributed by atoms with Gasteiger partial charge in [-0.1, -0.05) is 11.6 Å². The molecule has 0 radical (unpaired) electrons. The summed E-state index contributed by atoms with van der Waals surface area (Å²) < 4.78 is 5.51. The third-order valence-electron chi connectivity index (χ3n) is 2.67. The van der Waals surface area contributed by atoms with Gasteiger partial charge in [0, 0.05) is 17.8 Å². The third-order valence-corrected chi connectivity index (χ3v) is 3.10. The van der Waals surface area contributed by atoms with Crippen LogP contribution in [0.5, 0.6) is 5.75 Å². The van der Waals surface area contributed by atoms with Crippen LogP contribution in [-0.4, -0.2) is 34.3 Å². The number of benzene rings is 1. The standard InChI is InChI=1S/C14H16ClN3O2/c1-10-6-12(2-3-13(10)15)20-8-11(19)7-17-14-4-5-16-9-18-14/h2-6,9,11,19H,7-8H2,1H3,(H,16,17,18)/t11-/m1/s1. The lowest BCUT2D eigenvalue weighted by Crippen LogP contribution is -2.26. The molecule has 1 aromatic heterocycles. The molecule has 0 unspecified atom stereocenters. The van der Waals surface area contributed by atoms with Crippen molar-refractivity contribution in [1.29, 1.82) is 0 Å². The molecule has 0 aliphatic rings. The molecule has 20 heavy (non-hydrogen) atoms. The second-order valence-electron chi connectivity index (χ2n) is 4.35. The zero-order chi connectivity index (χ0) is 14.4. The monoisotopic (exact) mass is 293 g/mol. The highest BCUT2D eigenvalue weighted by molar-refractivity contribution is 6.31. The number of anilines is 1. The van der Waals surface area contributed by atoms with E-state index < -0.39 is 6.10 Å². The fourth-order valence-corrected chi connectivity index (χ4v) is 1.69. The van der Waals surface area contributed by atoms with Crippen LogP contribution in [0.4, 0.5) is 5.82 Å². The van der Waals surface area contributed by atoms with Gasteiger partial charge in [0.25, 0.3) is 0 Å². The number of ether oxygens (including phenoxy) is 1. The van der Waals surface area contributed by atoms with Gasteiger partial charge in [0.2, 0.25) is 0 Å². The Hall–Kier alpha value is -1.85. The van der Waals surface area contributed by atoms with E-state index in [2.05, 4.69) is 15.3 Å². The molecule has 0 amide bonds. The van der Waals surface area contributed by atoms with E-state index in [9.17, 15) is 5.11 Å². The molecule has 1 heterocycles. The first kappa shape index (κ1) is 14.6. The van der Waals surface area contributed by atoms with Gasteiger partial charge < -0.3 is 15.2 Å². The predicted molar refractivity (Wildman–Crippen MR) is 78.2 cm³/mol. The molecule has 0 fully saturated rings. The predicted octanol–water partition coefficient (Wildman–Crippen LogP) is 2.29. The normalized spacial score (nSPS) is 11.9. The van der Waals surface area contributed by atoms with Gasteiger partial charge in [-0.15, -0.1) is 0 Å². The number of nitrogens with one attached hydrogen (secondary N) is 1. The lowest BCUT2D eigenvalue weighted by molar-refractivity contribution is 0.117. The summed E-state index contributed by atoms with van der Waals surface area (Å²) in [4.78, 5) is 7.82. The lowest BCUT2D eigenvalue weighted by atomic mass is 10.2. The Bertz CT molecular complexity index is 551. The topological polar surface area (TPSA) is 67.3 Å². The molecule has 0 spiro atoms. The largest absolute Gasteiger partial charge is 0.491 e. The minimum atomic E-state index is -0.638. The summed E-state index contributed by atoms with van der Waals surface area (Å²) in [5.41, 5.74) is 0.942. The van der Waals surface area contributed by atoms with Gasteiger partial charge in [0.1, 0.15) is 30.6 Å². The second kappa shape index (κ2) is 7.07. The van der Waals surface area contributed by atoms with Crippen LogP contribution in [0.1, 0.15) is 5.56 Å². The number of aryl methyl sites for hydroxylation is 1. The minimum absolute atomic E-state index is 0.194. The molecule has 0 aliphatic heterocycles. The van der Waals surface area contributed by atoms with Crippen molar-refractivity contribution >= 4 is 17.4 Å². The molecular formula is C14H16ClN3O2. The molecular weight excluding hydrogens is 278 g/mol. The minimum Gasteiger partial charge on any atom is -0.491 e. The molecule has 106 valence electrons. The van der Waals surface area contributed by atoms with Crippen molar-refractivity contribution in [3.63, 3.8) is 0 Å². The van der Waals surface area contributed by atoms with Gasteiger partial charge in [-0.2, -0.15) is 0 Å². The van der Waals surface area contributed by atoms with Gasteiger partial charge in [0.05, 0.1) is 0 Å². The number of hydrogen-bond donors (Lipinski definition) is 2. The Balaban J connectivity index is 1.77. The lowest BCUT2D eigenvalue weighted by Gasteiger charge is -2.14. The van der Waals surface area contributed by atoms with Gasteiger partial charge in [-0.25, -0.2) is 9.97 Å². The van der Waals surface area contributed by atoms with Gasteiger partial charge in [-0.3, -0.25) is 0 Å². The van der Waals surface area contributed by atoms with E-state index in [0.717, 1.165) is 5.56 Å². The van der Waals surface area contributed by atoms with Crippen molar-refractivity contribution < 1.29 is 9.84 Å². The van der Waals surface area contributed by atoms with E-state index in [0.29, 0.717) is 23.1 Å². The van der Waals surface area contributed by atoms with Crippen LogP contribution >= 0.6 is 11.6 Å². The number of aliphatic hydroxyl groups excluding tert-OH is 1. The molecule has 6 heteroatoms. The van der Waals surface area contributed by atoms with Crippen LogP contribution in [-0.2, 0) is 0 Å². The highest BCUT2D eigenvalue weighted by Crippen LogP contribution is 2.21. The number of hydrogen-bond acceptors (Lipinski definition) is 5. The van der Waals surface area contributed by atoms with Gasteiger partial charge in [-0.05, 0) is 36.8 Å². The summed E-state index contributed by atoms with van der Waals surface area (Å²) in [5, 5.41) is 13.5. The Morgan fingerprint density at radius 2 is 2.25 bits per heavy atom. The number of aliphatic hydroxyl groups is 1. The zero-order valence-corrected chi connectivity index (χ0v) is 11.8. The van der Waals surface area contributed by atoms with Crippen molar-refractivity contribution in [3.8, 4) is 5.75 Å². The van der Waals surface area contributed by atoms with Crippen LogP contribution < -0.4 is 10.1 Å². The van der Waals surface area contributed by atoms with Crippen molar-refractivity contribution in [3.05, 3.63) is 47.4 Å². The molecule has 0 aliphatic carbocycles. The number of nitrogens with zero attached hydrogens (tertiary/aromatic N) is 2. The summed E-state index contributed by atoms with van der Waals surface area (Å²) in [5.74, 6) is 1.36. The Labute approximate surface area is 122 Å². The van der Waals surface area contributed by atoms with E-state index in [1.807, 2.05) is 13.0 Å². The summed E-state index contributed by atoms with van der Waals surface area (Å²) in [6.07, 6.45) is 2.44. The molecule has 1 atom stereocenters. The SMILES string of the molecule is Cc1cc(OC[C@H](O)CNc2ccncn2)ccc1Cl. The average Bonchev–Trinajstić information content (AvgIpc) is 2.47. The van der Waals surface area contributed by atoms with E-state index in [1.54, 1.807) is 24.4 Å².